The molecule has 0 N–H and O–H groups in total. The molecule has 1 aliphatic heterocycles. The number of benzene rings is 1. The molecular formula is C12H11NO. The van der Waals surface area contributed by atoms with Gasteiger partial charge in [0.15, 0.2) is 0 Å². The van der Waals surface area contributed by atoms with Crippen molar-refractivity contribution in [2.45, 2.75) is 19.4 Å². The van der Waals surface area contributed by atoms with Gasteiger partial charge in [0, 0.05) is 5.56 Å². The average molecular weight is 185 g/mol. The minimum atomic E-state index is 0.176. The second-order valence-corrected chi connectivity index (χ2v) is 3.29. The summed E-state index contributed by atoms with van der Waals surface area (Å²) in [6.07, 6.45) is 5.20. The molecular weight excluding hydrogens is 174 g/mol. The van der Waals surface area contributed by atoms with Crippen LogP contribution in [0.15, 0.2) is 24.3 Å². The van der Waals surface area contributed by atoms with E-state index in [0.717, 1.165) is 17.7 Å². The van der Waals surface area contributed by atoms with Crippen LogP contribution < -0.4 is 4.74 Å². The number of nitrogens with zero attached hydrogens (tertiary/aromatic N) is 1. The smallest absolute Gasteiger partial charge is 0.127 e. The van der Waals surface area contributed by atoms with Crippen LogP contribution in [0.2, 0.25) is 0 Å². The van der Waals surface area contributed by atoms with Crippen molar-refractivity contribution in [1.29, 1.82) is 5.26 Å². The van der Waals surface area contributed by atoms with E-state index >= 15 is 0 Å². The van der Waals surface area contributed by atoms with Crippen LogP contribution in [0.5, 0.6) is 5.75 Å². The van der Waals surface area contributed by atoms with E-state index in [0.29, 0.717) is 5.56 Å². The number of rotatable bonds is 1. The molecule has 70 valence electrons. The molecule has 0 spiro atoms. The first-order chi connectivity index (χ1) is 6.83. The topological polar surface area (TPSA) is 33.0 Å². The van der Waals surface area contributed by atoms with Crippen LogP contribution in [-0.4, -0.2) is 6.10 Å². The highest BCUT2D eigenvalue weighted by atomic mass is 16.5. The van der Waals surface area contributed by atoms with Crippen molar-refractivity contribution in [3.63, 3.8) is 0 Å². The fourth-order valence-electron chi connectivity index (χ4n) is 1.49. The lowest BCUT2D eigenvalue weighted by atomic mass is 10.1. The third-order valence-electron chi connectivity index (χ3n) is 2.31. The third-order valence-corrected chi connectivity index (χ3v) is 2.31. The highest BCUT2D eigenvalue weighted by Crippen LogP contribution is 2.27. The Bertz CT molecular complexity index is 415. The Balaban J connectivity index is 2.37. The number of nitriles is 1. The van der Waals surface area contributed by atoms with Crippen molar-refractivity contribution in [1.82, 2.24) is 0 Å². The van der Waals surface area contributed by atoms with Gasteiger partial charge in [-0.1, -0.05) is 13.0 Å². The molecule has 1 unspecified atom stereocenters. The van der Waals surface area contributed by atoms with Crippen LogP contribution in [0.25, 0.3) is 6.08 Å². The van der Waals surface area contributed by atoms with Crippen molar-refractivity contribution in [3.05, 3.63) is 35.4 Å². The first kappa shape index (κ1) is 8.83. The van der Waals surface area contributed by atoms with Gasteiger partial charge in [-0.3, -0.25) is 0 Å². The number of fused-ring (bicyclic) bond motifs is 1. The van der Waals surface area contributed by atoms with Gasteiger partial charge < -0.3 is 4.74 Å². The van der Waals surface area contributed by atoms with Gasteiger partial charge in [0.25, 0.3) is 0 Å². The molecule has 0 aliphatic carbocycles. The summed E-state index contributed by atoms with van der Waals surface area (Å²) >= 11 is 0. The monoisotopic (exact) mass is 185 g/mol. The normalized spacial score (nSPS) is 18.1. The highest BCUT2D eigenvalue weighted by molar-refractivity contribution is 5.62. The van der Waals surface area contributed by atoms with E-state index in [9.17, 15) is 0 Å². The van der Waals surface area contributed by atoms with E-state index in [1.54, 1.807) is 6.07 Å². The summed E-state index contributed by atoms with van der Waals surface area (Å²) in [6, 6.07) is 7.60. The third kappa shape index (κ3) is 1.49. The average Bonchev–Trinajstić information content (AvgIpc) is 2.27. The summed E-state index contributed by atoms with van der Waals surface area (Å²) in [4.78, 5) is 0. The summed E-state index contributed by atoms with van der Waals surface area (Å²) in [6.45, 7) is 2.09. The van der Waals surface area contributed by atoms with Crippen molar-refractivity contribution < 1.29 is 4.74 Å². The van der Waals surface area contributed by atoms with Crippen molar-refractivity contribution >= 4 is 6.08 Å². The molecule has 1 atom stereocenters. The number of hydrogen-bond acceptors (Lipinski definition) is 2. The summed E-state index contributed by atoms with van der Waals surface area (Å²) in [5.41, 5.74) is 1.67. The molecule has 1 aliphatic rings. The minimum absolute atomic E-state index is 0.176. The quantitative estimate of drug-likeness (QED) is 0.674. The van der Waals surface area contributed by atoms with Crippen LogP contribution in [0.3, 0.4) is 0 Å². The first-order valence-electron chi connectivity index (χ1n) is 4.72. The molecule has 0 saturated heterocycles. The van der Waals surface area contributed by atoms with Gasteiger partial charge in [-0.05, 0) is 30.7 Å². The molecule has 1 aromatic rings. The first-order valence-corrected chi connectivity index (χ1v) is 4.72. The van der Waals surface area contributed by atoms with Gasteiger partial charge >= 0.3 is 0 Å². The molecule has 2 heteroatoms. The molecule has 0 saturated carbocycles. The SMILES string of the molecule is CCC1C=Cc2cc(C#N)ccc2O1. The zero-order valence-electron chi connectivity index (χ0n) is 8.03. The summed E-state index contributed by atoms with van der Waals surface area (Å²) < 4.78 is 5.68. The lowest BCUT2D eigenvalue weighted by molar-refractivity contribution is 0.241. The Kier molecular flexibility index (Phi) is 2.24. The standard InChI is InChI=1S/C12H11NO/c1-2-11-5-4-10-7-9(8-13)3-6-12(10)14-11/h3-7,11H,2H2,1H3. The second kappa shape index (κ2) is 3.55. The fraction of sp³-hybridized carbons (Fsp3) is 0.250. The largest absolute Gasteiger partial charge is 0.486 e. The molecule has 1 heterocycles. The van der Waals surface area contributed by atoms with Crippen LogP contribution >= 0.6 is 0 Å². The number of hydrogen-bond donors (Lipinski definition) is 0. The van der Waals surface area contributed by atoms with E-state index < -0.39 is 0 Å². The lowest BCUT2D eigenvalue weighted by Gasteiger charge is -2.20. The predicted octanol–water partition coefficient (Wildman–Crippen LogP) is 2.74. The molecule has 14 heavy (non-hydrogen) atoms. The van der Waals surface area contributed by atoms with Crippen LogP contribution in [-0.2, 0) is 0 Å². The molecule has 0 aromatic heterocycles. The minimum Gasteiger partial charge on any atom is -0.486 e. The maximum Gasteiger partial charge on any atom is 0.127 e. The van der Waals surface area contributed by atoms with Crippen molar-refractivity contribution in [3.8, 4) is 11.8 Å². The zero-order chi connectivity index (χ0) is 9.97. The molecule has 0 radical (unpaired) electrons. The molecule has 1 aromatic carbocycles. The maximum absolute atomic E-state index is 8.72. The van der Waals surface area contributed by atoms with Gasteiger partial charge in [0.2, 0.25) is 0 Å². The van der Waals surface area contributed by atoms with Crippen LogP contribution in [0.1, 0.15) is 24.5 Å². The van der Waals surface area contributed by atoms with Crippen molar-refractivity contribution in [2.75, 3.05) is 0 Å². The molecule has 0 bridgehead atoms. The van der Waals surface area contributed by atoms with Gasteiger partial charge in [-0.15, -0.1) is 0 Å². The van der Waals surface area contributed by atoms with Gasteiger partial charge in [-0.2, -0.15) is 5.26 Å². The van der Waals surface area contributed by atoms with E-state index in [-0.39, 0.29) is 6.10 Å². The molecule has 2 rings (SSSR count). The van der Waals surface area contributed by atoms with E-state index in [1.807, 2.05) is 24.3 Å². The second-order valence-electron chi connectivity index (χ2n) is 3.29. The predicted molar refractivity (Wildman–Crippen MR) is 54.9 cm³/mol. The van der Waals surface area contributed by atoms with Gasteiger partial charge in [0.05, 0.1) is 11.6 Å². The van der Waals surface area contributed by atoms with E-state index in [1.165, 1.54) is 0 Å². The Labute approximate surface area is 83.4 Å². The Morgan fingerprint density at radius 2 is 2.36 bits per heavy atom. The Hall–Kier alpha value is -1.75. The molecule has 0 amide bonds. The summed E-state index contributed by atoms with van der Waals surface area (Å²) in [7, 11) is 0. The Morgan fingerprint density at radius 1 is 1.50 bits per heavy atom. The maximum atomic E-state index is 8.72. The van der Waals surface area contributed by atoms with Gasteiger partial charge in [0.1, 0.15) is 11.9 Å². The van der Waals surface area contributed by atoms with E-state index in [4.69, 9.17) is 10.00 Å². The summed E-state index contributed by atoms with van der Waals surface area (Å²) in [5, 5.41) is 8.72. The molecule has 0 fully saturated rings. The Morgan fingerprint density at radius 3 is 3.07 bits per heavy atom. The highest BCUT2D eigenvalue weighted by Gasteiger charge is 2.12. The molecule has 2 nitrogen and oxygen atoms in total. The van der Waals surface area contributed by atoms with Crippen LogP contribution in [0.4, 0.5) is 0 Å². The zero-order valence-corrected chi connectivity index (χ0v) is 8.03. The van der Waals surface area contributed by atoms with Crippen molar-refractivity contribution in [2.24, 2.45) is 0 Å². The lowest BCUT2D eigenvalue weighted by Crippen LogP contribution is -2.15. The van der Waals surface area contributed by atoms with Gasteiger partial charge in [-0.25, -0.2) is 0 Å². The van der Waals surface area contributed by atoms with E-state index in [2.05, 4.69) is 13.0 Å². The van der Waals surface area contributed by atoms with Crippen LogP contribution in [0, 0.1) is 11.3 Å². The summed E-state index contributed by atoms with van der Waals surface area (Å²) in [5.74, 6) is 0.873. The number of ether oxygens (including phenoxy) is 1. The fourth-order valence-corrected chi connectivity index (χ4v) is 1.49.